The molecular weight excluding hydrogens is 190 g/mol. The first-order valence-corrected chi connectivity index (χ1v) is 4.40. The molecule has 74 valence electrons. The molecule has 1 N–H and O–H groups in total. The van der Waals surface area contributed by atoms with Crippen LogP contribution in [0, 0.1) is 0 Å². The van der Waals surface area contributed by atoms with Gasteiger partial charge < -0.3 is 4.98 Å². The lowest BCUT2D eigenvalue weighted by Gasteiger charge is -1.89. The lowest BCUT2D eigenvalue weighted by Crippen LogP contribution is -1.84. The molecule has 0 aliphatic rings. The van der Waals surface area contributed by atoms with E-state index in [1.165, 1.54) is 12.7 Å². The molecule has 0 unspecified atom stereocenters. The number of fused-ring (bicyclic) bond motifs is 1. The van der Waals surface area contributed by atoms with E-state index in [1.807, 2.05) is 24.5 Å². The van der Waals surface area contributed by atoms with Crippen molar-refractivity contribution in [2.75, 3.05) is 0 Å². The van der Waals surface area contributed by atoms with E-state index in [-0.39, 0.29) is 0 Å². The first-order chi connectivity index (χ1) is 7.47. The second kappa shape index (κ2) is 4.80. The molecule has 0 atom stereocenters. The van der Waals surface area contributed by atoms with Crippen LogP contribution in [0.15, 0.2) is 49.6 Å². The molecule has 0 amide bonds. The van der Waals surface area contributed by atoms with Gasteiger partial charge in [-0.05, 0) is 12.1 Å². The average molecular weight is 199 g/mol. The number of nitrogens with one attached hydrogen (secondary N) is 1. The highest BCUT2D eigenvalue weighted by molar-refractivity contribution is 5.70. The van der Waals surface area contributed by atoms with E-state index in [2.05, 4.69) is 24.9 Å². The van der Waals surface area contributed by atoms with Crippen molar-refractivity contribution < 1.29 is 0 Å². The third kappa shape index (κ3) is 2.57. The van der Waals surface area contributed by atoms with Crippen LogP contribution in [0.25, 0.3) is 11.0 Å². The summed E-state index contributed by atoms with van der Waals surface area (Å²) in [6.07, 6.45) is 10.0. The zero-order valence-electron chi connectivity index (χ0n) is 7.91. The van der Waals surface area contributed by atoms with E-state index in [4.69, 9.17) is 0 Å². The molecule has 0 spiro atoms. The fraction of sp³-hybridized carbons (Fsp3) is 0. The van der Waals surface area contributed by atoms with Crippen LogP contribution in [0.4, 0.5) is 0 Å². The average Bonchev–Trinajstić information content (AvgIpc) is 2.88. The zero-order valence-corrected chi connectivity index (χ0v) is 7.91. The summed E-state index contributed by atoms with van der Waals surface area (Å²) in [5.41, 5.74) is 1.55. The Balaban J connectivity index is 0.000000144. The Kier molecular flexibility index (Phi) is 2.97. The van der Waals surface area contributed by atoms with Gasteiger partial charge in [0.1, 0.15) is 23.7 Å². The molecular formula is C10H9N5. The molecule has 0 aliphatic carbocycles. The molecule has 3 aromatic rings. The van der Waals surface area contributed by atoms with Gasteiger partial charge in [0.15, 0.2) is 0 Å². The largest absolute Gasteiger partial charge is 0.368 e. The van der Waals surface area contributed by atoms with Crippen molar-refractivity contribution in [1.29, 1.82) is 0 Å². The molecule has 15 heavy (non-hydrogen) atoms. The van der Waals surface area contributed by atoms with Crippen LogP contribution in [0.1, 0.15) is 0 Å². The van der Waals surface area contributed by atoms with Gasteiger partial charge in [0, 0.05) is 12.4 Å². The van der Waals surface area contributed by atoms with Crippen LogP contribution >= 0.6 is 0 Å². The van der Waals surface area contributed by atoms with Gasteiger partial charge in [-0.15, -0.1) is 0 Å². The molecule has 3 heterocycles. The number of rotatable bonds is 0. The number of hydrogen-bond acceptors (Lipinski definition) is 4. The van der Waals surface area contributed by atoms with E-state index >= 15 is 0 Å². The van der Waals surface area contributed by atoms with Crippen LogP contribution in [0.5, 0.6) is 0 Å². The van der Waals surface area contributed by atoms with Crippen molar-refractivity contribution >= 4 is 11.0 Å². The summed E-state index contributed by atoms with van der Waals surface area (Å²) < 4.78 is 0. The monoisotopic (exact) mass is 199 g/mol. The first-order valence-electron chi connectivity index (χ1n) is 4.40. The topological polar surface area (TPSA) is 67.3 Å². The smallest absolute Gasteiger partial charge is 0.116 e. The van der Waals surface area contributed by atoms with Crippen LogP contribution in [0.3, 0.4) is 0 Å². The number of nitrogens with zero attached hydrogens (tertiary/aromatic N) is 4. The van der Waals surface area contributed by atoms with E-state index in [1.54, 1.807) is 12.4 Å². The number of H-pyrrole nitrogens is 1. The Hall–Kier alpha value is -2.30. The Labute approximate surface area is 86.3 Å². The molecule has 0 fully saturated rings. The first kappa shape index (κ1) is 9.26. The summed E-state index contributed by atoms with van der Waals surface area (Å²) in [6, 6.07) is 3.89. The molecule has 5 heteroatoms. The van der Waals surface area contributed by atoms with Gasteiger partial charge in [-0.1, -0.05) is 0 Å². The Morgan fingerprint density at radius 1 is 0.800 bits per heavy atom. The van der Waals surface area contributed by atoms with E-state index in [0.29, 0.717) is 0 Å². The van der Waals surface area contributed by atoms with Crippen molar-refractivity contribution in [3.05, 3.63) is 49.6 Å². The van der Waals surface area contributed by atoms with Gasteiger partial charge in [0.25, 0.3) is 0 Å². The minimum absolute atomic E-state index is 0.775. The van der Waals surface area contributed by atoms with Gasteiger partial charge in [-0.3, -0.25) is 0 Å². The molecule has 0 saturated heterocycles. The predicted molar refractivity (Wildman–Crippen MR) is 55.9 cm³/mol. The third-order valence-corrected chi connectivity index (χ3v) is 1.68. The maximum Gasteiger partial charge on any atom is 0.116 e. The van der Waals surface area contributed by atoms with Gasteiger partial charge in [-0.25, -0.2) is 19.9 Å². The maximum atomic E-state index is 3.95. The zero-order chi connectivity index (χ0) is 10.3. The Morgan fingerprint density at radius 2 is 1.33 bits per heavy atom. The fourth-order valence-electron chi connectivity index (χ4n) is 1.01. The van der Waals surface area contributed by atoms with Crippen LogP contribution in [-0.2, 0) is 0 Å². The summed E-state index contributed by atoms with van der Waals surface area (Å²) in [4.78, 5) is 18.4. The number of aromatic amines is 1. The van der Waals surface area contributed by atoms with Crippen LogP contribution in [0.2, 0.25) is 0 Å². The molecule has 0 aliphatic heterocycles. The molecule has 3 rings (SSSR count). The quantitative estimate of drug-likeness (QED) is 0.594. The summed E-state index contributed by atoms with van der Waals surface area (Å²) in [6.45, 7) is 0. The second-order valence-electron chi connectivity index (χ2n) is 2.70. The lowest BCUT2D eigenvalue weighted by atomic mass is 10.4. The summed E-state index contributed by atoms with van der Waals surface area (Å²) in [5.74, 6) is 0. The van der Waals surface area contributed by atoms with Crippen molar-refractivity contribution in [3.63, 3.8) is 0 Å². The fourth-order valence-corrected chi connectivity index (χ4v) is 1.01. The van der Waals surface area contributed by atoms with E-state index < -0.39 is 0 Å². The minimum atomic E-state index is 0.775. The van der Waals surface area contributed by atoms with Crippen LogP contribution < -0.4 is 0 Å². The standard InChI is InChI=1S/C6H4N4.C4H5N/c1-5-6(10-3-7-1)2-8-4-9-5;1-2-4-5-3-1/h1-4H;1-5H. The normalized spacial score (nSPS) is 9.33. The van der Waals surface area contributed by atoms with Gasteiger partial charge in [0.2, 0.25) is 0 Å². The SMILES string of the molecule is c1cc[nH]c1.c1ncc2ncncc2n1. The molecule has 0 saturated carbocycles. The Bertz CT molecular complexity index is 423. The van der Waals surface area contributed by atoms with E-state index in [0.717, 1.165) is 11.0 Å². The van der Waals surface area contributed by atoms with Gasteiger partial charge in [0.05, 0.1) is 12.4 Å². The van der Waals surface area contributed by atoms with Crippen LogP contribution in [-0.4, -0.2) is 24.9 Å². The molecule has 0 radical (unpaired) electrons. The highest BCUT2D eigenvalue weighted by Crippen LogP contribution is 2.00. The Morgan fingerprint density at radius 3 is 1.73 bits per heavy atom. The number of aromatic nitrogens is 5. The highest BCUT2D eigenvalue weighted by Gasteiger charge is 1.90. The molecule has 3 aromatic heterocycles. The van der Waals surface area contributed by atoms with Crippen molar-refractivity contribution in [2.45, 2.75) is 0 Å². The minimum Gasteiger partial charge on any atom is -0.368 e. The van der Waals surface area contributed by atoms with Crippen molar-refractivity contribution in [2.24, 2.45) is 0 Å². The predicted octanol–water partition coefficient (Wildman–Crippen LogP) is 1.43. The summed E-state index contributed by atoms with van der Waals surface area (Å²) in [7, 11) is 0. The summed E-state index contributed by atoms with van der Waals surface area (Å²) in [5, 5.41) is 0. The highest BCUT2D eigenvalue weighted by atomic mass is 14.9. The van der Waals surface area contributed by atoms with E-state index in [9.17, 15) is 0 Å². The maximum absolute atomic E-state index is 3.95. The lowest BCUT2D eigenvalue weighted by molar-refractivity contribution is 1.15. The molecule has 5 nitrogen and oxygen atoms in total. The molecule has 0 bridgehead atoms. The second-order valence-corrected chi connectivity index (χ2v) is 2.70. The van der Waals surface area contributed by atoms with Gasteiger partial charge in [-0.2, -0.15) is 0 Å². The molecule has 0 aromatic carbocycles. The van der Waals surface area contributed by atoms with Crippen molar-refractivity contribution in [1.82, 2.24) is 24.9 Å². The van der Waals surface area contributed by atoms with Crippen molar-refractivity contribution in [3.8, 4) is 0 Å². The van der Waals surface area contributed by atoms with Gasteiger partial charge >= 0.3 is 0 Å². The number of hydrogen-bond donors (Lipinski definition) is 1. The summed E-state index contributed by atoms with van der Waals surface area (Å²) >= 11 is 0. The third-order valence-electron chi connectivity index (χ3n) is 1.68.